The lowest BCUT2D eigenvalue weighted by atomic mass is 10.2. The van der Waals surface area contributed by atoms with Crippen molar-refractivity contribution < 1.29 is 0 Å². The van der Waals surface area contributed by atoms with Crippen LogP contribution in [0.5, 0.6) is 0 Å². The van der Waals surface area contributed by atoms with Gasteiger partial charge in [-0.2, -0.15) is 0 Å². The quantitative estimate of drug-likeness (QED) is 0.468. The van der Waals surface area contributed by atoms with Crippen LogP contribution in [0.4, 0.5) is 0 Å². The van der Waals surface area contributed by atoms with Gasteiger partial charge in [-0.25, -0.2) is 0 Å². The van der Waals surface area contributed by atoms with E-state index in [1.807, 2.05) is 7.05 Å². The molecule has 0 radical (unpaired) electrons. The number of nitrogens with zero attached hydrogens (tertiary/aromatic N) is 1. The van der Waals surface area contributed by atoms with Gasteiger partial charge in [0.2, 0.25) is 0 Å². The summed E-state index contributed by atoms with van der Waals surface area (Å²) in [6.45, 7) is 4.35. The lowest BCUT2D eigenvalue weighted by molar-refractivity contribution is 1.05. The summed E-state index contributed by atoms with van der Waals surface area (Å²) in [6, 6.07) is 0. The third-order valence-electron chi connectivity index (χ3n) is 2.08. The van der Waals surface area contributed by atoms with E-state index >= 15 is 0 Å². The molecule has 0 aliphatic heterocycles. The maximum absolute atomic E-state index is 4.18. The molecular weight excluding hydrogens is 110 g/mol. The molecule has 0 spiro atoms. The lowest BCUT2D eigenvalue weighted by Crippen LogP contribution is -1.91. The minimum atomic E-state index is 1.16. The largest absolute Gasteiger partial charge is 0.293 e. The minimum Gasteiger partial charge on any atom is -0.293 e. The van der Waals surface area contributed by atoms with Gasteiger partial charge in [0, 0.05) is 12.8 Å². The predicted octanol–water partition coefficient (Wildman–Crippen LogP) is 2.19. The van der Waals surface area contributed by atoms with Gasteiger partial charge >= 0.3 is 0 Å². The second-order valence-electron chi connectivity index (χ2n) is 2.58. The van der Waals surface area contributed by atoms with Gasteiger partial charge in [0.1, 0.15) is 0 Å². The Kier molecular flexibility index (Phi) is 1.70. The topological polar surface area (TPSA) is 12.4 Å². The zero-order chi connectivity index (χ0) is 6.85. The Bertz CT molecular complexity index is 175. The Morgan fingerprint density at radius 2 is 1.89 bits per heavy atom. The van der Waals surface area contributed by atoms with Crippen molar-refractivity contribution in [3.63, 3.8) is 0 Å². The molecule has 1 rings (SSSR count). The molecule has 0 atom stereocenters. The van der Waals surface area contributed by atoms with Gasteiger partial charge in [-0.1, -0.05) is 5.57 Å². The molecular formula is C8H13N. The van der Waals surface area contributed by atoms with Crippen molar-refractivity contribution in [1.82, 2.24) is 0 Å². The maximum atomic E-state index is 4.18. The smallest absolute Gasteiger partial charge is 0.0376 e. The molecule has 1 heteroatoms. The maximum Gasteiger partial charge on any atom is 0.0376 e. The van der Waals surface area contributed by atoms with Crippen molar-refractivity contribution in [3.05, 3.63) is 11.1 Å². The summed E-state index contributed by atoms with van der Waals surface area (Å²) >= 11 is 0. The first-order valence-corrected chi connectivity index (χ1v) is 3.38. The molecule has 0 aromatic rings. The van der Waals surface area contributed by atoms with Crippen molar-refractivity contribution >= 4 is 5.71 Å². The molecule has 1 aliphatic carbocycles. The van der Waals surface area contributed by atoms with Crippen LogP contribution in [-0.2, 0) is 0 Å². The van der Waals surface area contributed by atoms with E-state index in [2.05, 4.69) is 18.8 Å². The SMILES string of the molecule is CN=C1CCC(C)=C1C. The molecule has 0 saturated heterocycles. The highest BCUT2D eigenvalue weighted by molar-refractivity contribution is 6.02. The lowest BCUT2D eigenvalue weighted by Gasteiger charge is -1.93. The molecule has 0 amide bonds. The average molecular weight is 123 g/mol. The molecule has 0 N–H and O–H groups in total. The van der Waals surface area contributed by atoms with Gasteiger partial charge in [-0.05, 0) is 32.3 Å². The van der Waals surface area contributed by atoms with E-state index in [9.17, 15) is 0 Å². The molecule has 9 heavy (non-hydrogen) atoms. The van der Waals surface area contributed by atoms with Crippen LogP contribution < -0.4 is 0 Å². The summed E-state index contributed by atoms with van der Waals surface area (Å²) in [7, 11) is 1.87. The van der Waals surface area contributed by atoms with Crippen LogP contribution in [0.3, 0.4) is 0 Å². The van der Waals surface area contributed by atoms with Crippen LogP contribution in [0.2, 0.25) is 0 Å². The number of aliphatic imine (C=N–C) groups is 1. The molecule has 50 valence electrons. The summed E-state index contributed by atoms with van der Waals surface area (Å²) in [5.41, 5.74) is 4.22. The number of hydrogen-bond donors (Lipinski definition) is 0. The zero-order valence-corrected chi connectivity index (χ0v) is 6.36. The van der Waals surface area contributed by atoms with Gasteiger partial charge in [0.25, 0.3) is 0 Å². The molecule has 0 heterocycles. The first-order valence-electron chi connectivity index (χ1n) is 3.38. The van der Waals surface area contributed by atoms with Crippen molar-refractivity contribution in [2.45, 2.75) is 26.7 Å². The third kappa shape index (κ3) is 1.04. The average Bonchev–Trinajstić information content (AvgIpc) is 2.15. The second kappa shape index (κ2) is 2.34. The van der Waals surface area contributed by atoms with E-state index in [4.69, 9.17) is 0 Å². The number of allylic oxidation sites excluding steroid dienone is 2. The van der Waals surface area contributed by atoms with E-state index in [-0.39, 0.29) is 0 Å². The summed E-state index contributed by atoms with van der Waals surface area (Å²) in [6.07, 6.45) is 2.38. The van der Waals surface area contributed by atoms with Gasteiger partial charge in [-0.15, -0.1) is 0 Å². The van der Waals surface area contributed by atoms with Crippen molar-refractivity contribution in [1.29, 1.82) is 0 Å². The van der Waals surface area contributed by atoms with E-state index in [1.165, 1.54) is 23.3 Å². The van der Waals surface area contributed by atoms with Crippen LogP contribution >= 0.6 is 0 Å². The highest BCUT2D eigenvalue weighted by atomic mass is 14.7. The predicted molar refractivity (Wildman–Crippen MR) is 41.0 cm³/mol. The fourth-order valence-electron chi connectivity index (χ4n) is 1.21. The van der Waals surface area contributed by atoms with Crippen molar-refractivity contribution in [2.24, 2.45) is 4.99 Å². The van der Waals surface area contributed by atoms with Gasteiger partial charge in [-0.3, -0.25) is 4.99 Å². The fraction of sp³-hybridized carbons (Fsp3) is 0.625. The molecule has 0 saturated carbocycles. The van der Waals surface area contributed by atoms with Gasteiger partial charge in [0.15, 0.2) is 0 Å². The number of rotatable bonds is 0. The monoisotopic (exact) mass is 123 g/mol. The molecule has 0 aromatic heterocycles. The van der Waals surface area contributed by atoms with Crippen LogP contribution in [0.25, 0.3) is 0 Å². The number of hydrogen-bond acceptors (Lipinski definition) is 1. The van der Waals surface area contributed by atoms with Crippen molar-refractivity contribution in [2.75, 3.05) is 7.05 Å². The van der Waals surface area contributed by atoms with Gasteiger partial charge in [0.05, 0.1) is 0 Å². The molecule has 0 fully saturated rings. The van der Waals surface area contributed by atoms with E-state index in [0.29, 0.717) is 0 Å². The van der Waals surface area contributed by atoms with Crippen LogP contribution in [0, 0.1) is 0 Å². The third-order valence-corrected chi connectivity index (χ3v) is 2.08. The molecule has 0 unspecified atom stereocenters. The second-order valence-corrected chi connectivity index (χ2v) is 2.58. The molecule has 0 aromatic carbocycles. The van der Waals surface area contributed by atoms with Crippen LogP contribution in [0.15, 0.2) is 16.1 Å². The fourth-order valence-corrected chi connectivity index (χ4v) is 1.21. The molecule has 1 nitrogen and oxygen atoms in total. The summed E-state index contributed by atoms with van der Waals surface area (Å²) < 4.78 is 0. The molecule has 0 bridgehead atoms. The van der Waals surface area contributed by atoms with Gasteiger partial charge < -0.3 is 0 Å². The van der Waals surface area contributed by atoms with Crippen LogP contribution in [-0.4, -0.2) is 12.8 Å². The van der Waals surface area contributed by atoms with E-state index in [1.54, 1.807) is 0 Å². The standard InChI is InChI=1S/C8H13N/c1-6-4-5-8(9-3)7(6)2/h4-5H2,1-3H3. The Morgan fingerprint density at radius 1 is 1.22 bits per heavy atom. The zero-order valence-electron chi connectivity index (χ0n) is 6.36. The summed E-state index contributed by atoms with van der Waals surface area (Å²) in [4.78, 5) is 4.18. The first-order chi connectivity index (χ1) is 4.25. The Hall–Kier alpha value is -0.590. The Morgan fingerprint density at radius 3 is 2.11 bits per heavy atom. The summed E-state index contributed by atoms with van der Waals surface area (Å²) in [5.74, 6) is 0. The first kappa shape index (κ1) is 6.53. The highest BCUT2D eigenvalue weighted by Crippen LogP contribution is 2.22. The summed E-state index contributed by atoms with van der Waals surface area (Å²) in [5, 5.41) is 0. The Balaban J connectivity index is 2.88. The normalized spacial score (nSPS) is 24.1. The van der Waals surface area contributed by atoms with Crippen molar-refractivity contribution in [3.8, 4) is 0 Å². The van der Waals surface area contributed by atoms with Crippen LogP contribution in [0.1, 0.15) is 26.7 Å². The molecule has 1 aliphatic rings. The minimum absolute atomic E-state index is 1.16. The highest BCUT2D eigenvalue weighted by Gasteiger charge is 2.11. The van der Waals surface area contributed by atoms with E-state index in [0.717, 1.165) is 6.42 Å². The Labute approximate surface area is 56.5 Å². The van der Waals surface area contributed by atoms with E-state index < -0.39 is 0 Å².